The molecule has 0 saturated carbocycles. The molecular weight excluding hydrogens is 286 g/mol. The van der Waals surface area contributed by atoms with Gasteiger partial charge in [0.2, 0.25) is 0 Å². The van der Waals surface area contributed by atoms with Crippen molar-refractivity contribution in [2.45, 2.75) is 26.3 Å². The molecule has 1 aliphatic rings. The third-order valence-electron chi connectivity index (χ3n) is 4.73. The van der Waals surface area contributed by atoms with E-state index in [4.69, 9.17) is 0 Å². The van der Waals surface area contributed by atoms with Crippen molar-refractivity contribution in [1.82, 2.24) is 9.47 Å². The van der Waals surface area contributed by atoms with Gasteiger partial charge in [0.15, 0.2) is 0 Å². The van der Waals surface area contributed by atoms with Crippen LogP contribution >= 0.6 is 0 Å². The van der Waals surface area contributed by atoms with Crippen LogP contribution in [0.3, 0.4) is 0 Å². The number of hydrogen-bond acceptors (Lipinski definition) is 1. The van der Waals surface area contributed by atoms with Crippen LogP contribution < -0.4 is 5.32 Å². The monoisotopic (exact) mass is 307 g/mol. The normalized spacial score (nSPS) is 14.7. The molecule has 1 aromatic heterocycles. The zero-order valence-corrected chi connectivity index (χ0v) is 13.4. The molecule has 23 heavy (non-hydrogen) atoms. The summed E-state index contributed by atoms with van der Waals surface area (Å²) in [6.07, 6.45) is 2.22. The zero-order chi connectivity index (χ0) is 15.8. The Morgan fingerprint density at radius 1 is 1.04 bits per heavy atom. The van der Waals surface area contributed by atoms with Gasteiger partial charge in [-0.1, -0.05) is 18.2 Å². The second kappa shape index (κ2) is 5.61. The van der Waals surface area contributed by atoms with Crippen molar-refractivity contribution in [3.8, 4) is 0 Å². The average molecular weight is 307 g/mol. The van der Waals surface area contributed by atoms with Crippen LogP contribution in [-0.4, -0.2) is 28.6 Å². The van der Waals surface area contributed by atoms with E-state index in [2.05, 4.69) is 53.2 Å². The molecule has 0 spiro atoms. The highest BCUT2D eigenvalue weighted by atomic mass is 16.2. The van der Waals surface area contributed by atoms with Crippen molar-refractivity contribution < 1.29 is 4.79 Å². The molecule has 4 heteroatoms. The highest BCUT2D eigenvalue weighted by molar-refractivity contribution is 6.09. The van der Waals surface area contributed by atoms with E-state index >= 15 is 0 Å². The minimum atomic E-state index is 0.0149. The molecule has 2 heterocycles. The lowest BCUT2D eigenvalue weighted by Gasteiger charge is -2.16. The first kappa shape index (κ1) is 14.1. The molecule has 1 aliphatic heterocycles. The van der Waals surface area contributed by atoms with Gasteiger partial charge in [-0.15, -0.1) is 0 Å². The van der Waals surface area contributed by atoms with Crippen LogP contribution in [0.1, 0.15) is 19.8 Å². The van der Waals surface area contributed by atoms with Gasteiger partial charge in [0.25, 0.3) is 0 Å². The highest BCUT2D eigenvalue weighted by Crippen LogP contribution is 2.31. The highest BCUT2D eigenvalue weighted by Gasteiger charge is 2.18. The molecule has 4 nitrogen and oxygen atoms in total. The molecule has 0 radical (unpaired) electrons. The van der Waals surface area contributed by atoms with E-state index in [-0.39, 0.29) is 6.03 Å². The number of hydrogen-bond donors (Lipinski definition) is 1. The van der Waals surface area contributed by atoms with Gasteiger partial charge in [-0.05, 0) is 44.0 Å². The number of rotatable bonds is 2. The predicted molar refractivity (Wildman–Crippen MR) is 94.9 cm³/mol. The number of aromatic nitrogens is 1. The van der Waals surface area contributed by atoms with Crippen LogP contribution in [0, 0.1) is 0 Å². The summed E-state index contributed by atoms with van der Waals surface area (Å²) in [5.41, 5.74) is 3.33. The lowest BCUT2D eigenvalue weighted by Crippen LogP contribution is -2.32. The summed E-state index contributed by atoms with van der Waals surface area (Å²) >= 11 is 0. The van der Waals surface area contributed by atoms with Crippen LogP contribution in [0.5, 0.6) is 0 Å². The summed E-state index contributed by atoms with van der Waals surface area (Å²) in [4.78, 5) is 14.2. The number of benzene rings is 2. The van der Waals surface area contributed by atoms with Gasteiger partial charge in [-0.3, -0.25) is 0 Å². The Hall–Kier alpha value is -2.49. The van der Waals surface area contributed by atoms with Crippen LogP contribution in [0.4, 0.5) is 10.5 Å². The molecule has 2 aromatic carbocycles. The fraction of sp³-hybridized carbons (Fsp3) is 0.316. The van der Waals surface area contributed by atoms with Gasteiger partial charge >= 0.3 is 6.03 Å². The minimum absolute atomic E-state index is 0.0149. The first-order chi connectivity index (χ1) is 11.3. The summed E-state index contributed by atoms with van der Waals surface area (Å²) in [5.74, 6) is 0. The Balaban J connectivity index is 1.75. The molecule has 2 amide bonds. The second-order valence-corrected chi connectivity index (χ2v) is 6.12. The number of anilines is 1. The number of nitrogens with zero attached hydrogens (tertiary/aromatic N) is 2. The largest absolute Gasteiger partial charge is 0.341 e. The maximum Gasteiger partial charge on any atom is 0.321 e. The molecule has 0 bridgehead atoms. The van der Waals surface area contributed by atoms with Crippen LogP contribution in [0.2, 0.25) is 0 Å². The molecule has 4 rings (SSSR count). The summed E-state index contributed by atoms with van der Waals surface area (Å²) in [5, 5.41) is 5.48. The number of fused-ring (bicyclic) bond motifs is 3. The number of carbonyl (C=O) groups excluding carboxylic acids is 1. The van der Waals surface area contributed by atoms with Crippen LogP contribution in [0.25, 0.3) is 21.8 Å². The molecule has 3 aromatic rings. The quantitative estimate of drug-likeness (QED) is 0.746. The molecular formula is C19H21N3O. The van der Waals surface area contributed by atoms with Crippen molar-refractivity contribution in [2.75, 3.05) is 18.4 Å². The number of nitrogens with one attached hydrogen (secondary N) is 1. The van der Waals surface area contributed by atoms with Gasteiger partial charge in [0.05, 0.1) is 0 Å². The maximum atomic E-state index is 12.3. The van der Waals surface area contributed by atoms with Gasteiger partial charge in [0, 0.05) is 47.1 Å². The van der Waals surface area contributed by atoms with Crippen molar-refractivity contribution in [3.63, 3.8) is 0 Å². The van der Waals surface area contributed by atoms with Gasteiger partial charge in [-0.2, -0.15) is 0 Å². The Labute approximate surface area is 135 Å². The van der Waals surface area contributed by atoms with E-state index in [9.17, 15) is 4.79 Å². The Morgan fingerprint density at radius 2 is 1.78 bits per heavy atom. The fourth-order valence-electron chi connectivity index (χ4n) is 3.59. The third-order valence-corrected chi connectivity index (χ3v) is 4.73. The zero-order valence-electron chi connectivity index (χ0n) is 13.4. The molecule has 1 saturated heterocycles. The van der Waals surface area contributed by atoms with E-state index in [1.165, 1.54) is 21.8 Å². The molecule has 118 valence electrons. The number of urea groups is 1. The summed E-state index contributed by atoms with van der Waals surface area (Å²) in [6, 6.07) is 14.7. The van der Waals surface area contributed by atoms with Crippen molar-refractivity contribution >= 4 is 33.5 Å². The van der Waals surface area contributed by atoms with Crippen molar-refractivity contribution in [3.05, 3.63) is 42.5 Å². The van der Waals surface area contributed by atoms with Crippen molar-refractivity contribution in [2.24, 2.45) is 0 Å². The lowest BCUT2D eigenvalue weighted by atomic mass is 10.1. The molecule has 1 fully saturated rings. The van der Waals surface area contributed by atoms with E-state index in [1.54, 1.807) is 0 Å². The molecule has 0 unspecified atom stereocenters. The number of aryl methyl sites for hydroxylation is 1. The summed E-state index contributed by atoms with van der Waals surface area (Å²) in [6.45, 7) is 4.82. The van der Waals surface area contributed by atoms with Crippen LogP contribution in [-0.2, 0) is 6.54 Å². The minimum Gasteiger partial charge on any atom is -0.341 e. The number of amides is 2. The number of likely N-dealkylation sites (tertiary alicyclic amines) is 1. The molecule has 0 atom stereocenters. The van der Waals surface area contributed by atoms with E-state index in [1.807, 2.05) is 11.0 Å². The van der Waals surface area contributed by atoms with Crippen molar-refractivity contribution in [1.29, 1.82) is 0 Å². The molecule has 1 N–H and O–H groups in total. The SMILES string of the molecule is CCn1c2ccccc2c2cc(NC(=O)N3CCCC3)ccc21. The average Bonchev–Trinajstić information content (AvgIpc) is 3.21. The standard InChI is InChI=1S/C19H21N3O/c1-2-22-17-8-4-3-7-15(17)16-13-14(9-10-18(16)22)20-19(23)21-11-5-6-12-21/h3-4,7-10,13H,2,5-6,11-12H2,1H3,(H,20,23). The number of para-hydroxylation sites is 1. The summed E-state index contributed by atoms with van der Waals surface area (Å²) < 4.78 is 2.32. The van der Waals surface area contributed by atoms with E-state index in [0.29, 0.717) is 0 Å². The third kappa shape index (κ3) is 2.34. The van der Waals surface area contributed by atoms with E-state index in [0.717, 1.165) is 38.2 Å². The fourth-order valence-corrected chi connectivity index (χ4v) is 3.59. The number of carbonyl (C=O) groups is 1. The maximum absolute atomic E-state index is 12.3. The lowest BCUT2D eigenvalue weighted by molar-refractivity contribution is 0.222. The molecule has 0 aliphatic carbocycles. The van der Waals surface area contributed by atoms with Crippen LogP contribution in [0.15, 0.2) is 42.5 Å². The van der Waals surface area contributed by atoms with E-state index < -0.39 is 0 Å². The smallest absolute Gasteiger partial charge is 0.321 e. The first-order valence-corrected chi connectivity index (χ1v) is 8.35. The van der Waals surface area contributed by atoms with Gasteiger partial charge < -0.3 is 14.8 Å². The van der Waals surface area contributed by atoms with Gasteiger partial charge in [-0.25, -0.2) is 4.79 Å². The topological polar surface area (TPSA) is 37.3 Å². The predicted octanol–water partition coefficient (Wildman–Crippen LogP) is 4.44. The Kier molecular flexibility index (Phi) is 3.45. The van der Waals surface area contributed by atoms with Gasteiger partial charge in [0.1, 0.15) is 0 Å². The Bertz CT molecular complexity index is 875. The second-order valence-electron chi connectivity index (χ2n) is 6.12. The summed E-state index contributed by atoms with van der Waals surface area (Å²) in [7, 11) is 0. The first-order valence-electron chi connectivity index (χ1n) is 8.35. The Morgan fingerprint density at radius 3 is 2.57 bits per heavy atom.